The average molecular weight is 432 g/mol. The molecule has 0 bridgehead atoms. The number of hydrogen-bond acceptors (Lipinski definition) is 6. The summed E-state index contributed by atoms with van der Waals surface area (Å²) in [5.41, 5.74) is 0.498. The van der Waals surface area contributed by atoms with E-state index in [1.807, 2.05) is 0 Å². The summed E-state index contributed by atoms with van der Waals surface area (Å²) in [4.78, 5) is 24.8. The molecule has 9 heteroatoms. The maximum Gasteiger partial charge on any atom is 0.340 e. The van der Waals surface area contributed by atoms with Crippen LogP contribution in [0.5, 0.6) is 5.75 Å². The van der Waals surface area contributed by atoms with Gasteiger partial charge in [-0.3, -0.25) is 4.79 Å². The predicted octanol–water partition coefficient (Wildman–Crippen LogP) is 2.96. The van der Waals surface area contributed by atoms with Crippen LogP contribution in [0.2, 0.25) is 0 Å². The van der Waals surface area contributed by atoms with Gasteiger partial charge >= 0.3 is 5.97 Å². The second-order valence-corrected chi connectivity index (χ2v) is 8.70. The molecular formula is C21H24N2O6S. The van der Waals surface area contributed by atoms with Gasteiger partial charge in [0.05, 0.1) is 30.4 Å². The Labute approximate surface area is 175 Å². The summed E-state index contributed by atoms with van der Waals surface area (Å²) < 4.78 is 37.9. The molecule has 2 aromatic carbocycles. The highest BCUT2D eigenvalue weighted by Crippen LogP contribution is 2.24. The van der Waals surface area contributed by atoms with Crippen LogP contribution >= 0.6 is 0 Å². The standard InChI is InChI=1S/C21H24N2O6S/c1-28-16-10-11-19(18(13-16)21(25)29-2)22-20(24)14-6-5-9-17(12-14)30(26,27)23-15-7-3-4-8-15/h5-6,9-13,15,23H,3-4,7-8H2,1-2H3,(H,22,24). The SMILES string of the molecule is COC(=O)c1cc(OC)ccc1NC(=O)c1cccc(S(=O)(=O)NC2CCCC2)c1. The number of ether oxygens (including phenoxy) is 2. The van der Waals surface area contributed by atoms with Gasteiger partial charge in [0.1, 0.15) is 5.75 Å². The molecule has 8 nitrogen and oxygen atoms in total. The third kappa shape index (κ3) is 4.98. The maximum absolute atomic E-state index is 12.7. The zero-order chi connectivity index (χ0) is 21.7. The zero-order valence-corrected chi connectivity index (χ0v) is 17.6. The van der Waals surface area contributed by atoms with Crippen molar-refractivity contribution in [2.45, 2.75) is 36.6 Å². The molecule has 0 heterocycles. The first-order valence-electron chi connectivity index (χ1n) is 9.54. The van der Waals surface area contributed by atoms with Crippen LogP contribution in [0.25, 0.3) is 0 Å². The highest BCUT2D eigenvalue weighted by atomic mass is 32.2. The second-order valence-electron chi connectivity index (χ2n) is 6.99. The predicted molar refractivity (Wildman–Crippen MR) is 111 cm³/mol. The number of sulfonamides is 1. The molecule has 0 aromatic heterocycles. The Morgan fingerprint density at radius 3 is 2.43 bits per heavy atom. The minimum atomic E-state index is -3.73. The Morgan fingerprint density at radius 2 is 1.77 bits per heavy atom. The average Bonchev–Trinajstić information content (AvgIpc) is 3.25. The lowest BCUT2D eigenvalue weighted by molar-refractivity contribution is 0.0601. The molecule has 0 atom stereocenters. The Kier molecular flexibility index (Phi) is 6.73. The van der Waals surface area contributed by atoms with Gasteiger partial charge in [-0.2, -0.15) is 0 Å². The molecule has 30 heavy (non-hydrogen) atoms. The van der Waals surface area contributed by atoms with E-state index in [-0.39, 0.29) is 27.8 Å². The number of carbonyl (C=O) groups is 2. The van der Waals surface area contributed by atoms with Crippen LogP contribution < -0.4 is 14.8 Å². The molecular weight excluding hydrogens is 408 g/mol. The van der Waals surface area contributed by atoms with Gasteiger partial charge in [-0.1, -0.05) is 18.9 Å². The maximum atomic E-state index is 12.7. The summed E-state index contributed by atoms with van der Waals surface area (Å²) in [7, 11) is -1.03. The van der Waals surface area contributed by atoms with Crippen molar-refractivity contribution < 1.29 is 27.5 Å². The number of benzene rings is 2. The molecule has 1 fully saturated rings. The molecule has 0 saturated heterocycles. The Bertz CT molecular complexity index is 1050. The molecule has 1 saturated carbocycles. The number of hydrogen-bond donors (Lipinski definition) is 2. The van der Waals surface area contributed by atoms with Crippen molar-refractivity contribution in [2.75, 3.05) is 19.5 Å². The summed E-state index contributed by atoms with van der Waals surface area (Å²) in [6.45, 7) is 0. The van der Waals surface area contributed by atoms with E-state index in [1.165, 1.54) is 50.6 Å². The summed E-state index contributed by atoms with van der Waals surface area (Å²) in [6, 6.07) is 10.3. The van der Waals surface area contributed by atoms with Gasteiger partial charge in [0.25, 0.3) is 5.91 Å². The molecule has 3 rings (SSSR count). The first kappa shape index (κ1) is 21.8. The number of nitrogens with one attached hydrogen (secondary N) is 2. The quantitative estimate of drug-likeness (QED) is 0.651. The van der Waals surface area contributed by atoms with Crippen molar-refractivity contribution >= 4 is 27.6 Å². The van der Waals surface area contributed by atoms with E-state index in [9.17, 15) is 18.0 Å². The largest absolute Gasteiger partial charge is 0.497 e. The van der Waals surface area contributed by atoms with Crippen LogP contribution in [-0.2, 0) is 14.8 Å². The van der Waals surface area contributed by atoms with Crippen LogP contribution in [0, 0.1) is 0 Å². The number of amides is 1. The lowest BCUT2D eigenvalue weighted by Crippen LogP contribution is -2.32. The van der Waals surface area contributed by atoms with Crippen molar-refractivity contribution in [2.24, 2.45) is 0 Å². The second kappa shape index (κ2) is 9.27. The zero-order valence-electron chi connectivity index (χ0n) is 16.8. The summed E-state index contributed by atoms with van der Waals surface area (Å²) in [5, 5.41) is 2.63. The minimum absolute atomic E-state index is 0.0185. The normalized spacial score (nSPS) is 14.3. The topological polar surface area (TPSA) is 111 Å². The van der Waals surface area contributed by atoms with Gasteiger partial charge in [-0.25, -0.2) is 17.9 Å². The van der Waals surface area contributed by atoms with Crippen LogP contribution in [0.4, 0.5) is 5.69 Å². The van der Waals surface area contributed by atoms with Gasteiger partial charge in [-0.05, 0) is 49.2 Å². The van der Waals surface area contributed by atoms with Crippen molar-refractivity contribution in [1.82, 2.24) is 4.72 Å². The highest BCUT2D eigenvalue weighted by molar-refractivity contribution is 7.89. The number of anilines is 1. The first-order valence-corrected chi connectivity index (χ1v) is 11.0. The lowest BCUT2D eigenvalue weighted by atomic mass is 10.1. The molecule has 0 radical (unpaired) electrons. The minimum Gasteiger partial charge on any atom is -0.497 e. The van der Waals surface area contributed by atoms with Gasteiger partial charge < -0.3 is 14.8 Å². The Morgan fingerprint density at radius 1 is 1.03 bits per heavy atom. The van der Waals surface area contributed by atoms with E-state index in [0.717, 1.165) is 25.7 Å². The number of methoxy groups -OCH3 is 2. The summed E-state index contributed by atoms with van der Waals surface area (Å²) in [6.07, 6.45) is 3.63. The third-order valence-electron chi connectivity index (χ3n) is 4.96. The molecule has 0 spiro atoms. The lowest BCUT2D eigenvalue weighted by Gasteiger charge is -2.14. The fourth-order valence-corrected chi connectivity index (χ4v) is 4.72. The number of rotatable bonds is 7. The van der Waals surface area contributed by atoms with E-state index in [0.29, 0.717) is 5.75 Å². The molecule has 2 N–H and O–H groups in total. The smallest absolute Gasteiger partial charge is 0.340 e. The van der Waals surface area contributed by atoms with Gasteiger partial charge in [-0.15, -0.1) is 0 Å². The van der Waals surface area contributed by atoms with E-state index in [4.69, 9.17) is 9.47 Å². The van der Waals surface area contributed by atoms with Crippen LogP contribution in [0.1, 0.15) is 46.4 Å². The van der Waals surface area contributed by atoms with Crippen molar-refractivity contribution in [1.29, 1.82) is 0 Å². The van der Waals surface area contributed by atoms with Crippen LogP contribution in [0.3, 0.4) is 0 Å². The number of carbonyl (C=O) groups excluding carboxylic acids is 2. The molecule has 0 aliphatic heterocycles. The van der Waals surface area contributed by atoms with Crippen LogP contribution in [0.15, 0.2) is 47.4 Å². The molecule has 160 valence electrons. The van der Waals surface area contributed by atoms with Crippen molar-refractivity contribution in [3.63, 3.8) is 0 Å². The Balaban J connectivity index is 1.83. The summed E-state index contributed by atoms with van der Waals surface area (Å²) >= 11 is 0. The van der Waals surface area contributed by atoms with E-state index in [2.05, 4.69) is 10.0 Å². The first-order chi connectivity index (χ1) is 14.3. The number of esters is 1. The molecule has 1 amide bonds. The van der Waals surface area contributed by atoms with Crippen molar-refractivity contribution in [3.8, 4) is 5.75 Å². The molecule has 1 aliphatic carbocycles. The van der Waals surface area contributed by atoms with E-state index in [1.54, 1.807) is 6.07 Å². The van der Waals surface area contributed by atoms with Crippen LogP contribution in [-0.4, -0.2) is 40.6 Å². The highest BCUT2D eigenvalue weighted by Gasteiger charge is 2.24. The Hall–Kier alpha value is -2.91. The third-order valence-corrected chi connectivity index (χ3v) is 6.48. The van der Waals surface area contributed by atoms with E-state index < -0.39 is 21.9 Å². The van der Waals surface area contributed by atoms with Gasteiger partial charge in [0.15, 0.2) is 0 Å². The monoisotopic (exact) mass is 432 g/mol. The fraction of sp³-hybridized carbons (Fsp3) is 0.333. The molecule has 1 aliphatic rings. The fourth-order valence-electron chi connectivity index (χ4n) is 3.37. The molecule has 0 unspecified atom stereocenters. The van der Waals surface area contributed by atoms with Gasteiger partial charge in [0, 0.05) is 11.6 Å². The summed E-state index contributed by atoms with van der Waals surface area (Å²) in [5.74, 6) is -0.760. The van der Waals surface area contributed by atoms with E-state index >= 15 is 0 Å². The van der Waals surface area contributed by atoms with Crippen molar-refractivity contribution in [3.05, 3.63) is 53.6 Å². The molecule has 2 aromatic rings. The van der Waals surface area contributed by atoms with Gasteiger partial charge in [0.2, 0.25) is 10.0 Å².